The lowest BCUT2D eigenvalue weighted by Gasteiger charge is -2.04. The third-order valence-corrected chi connectivity index (χ3v) is 5.29. The summed E-state index contributed by atoms with van der Waals surface area (Å²) in [5.74, 6) is 0.493. The lowest BCUT2D eigenvalue weighted by atomic mass is 10.2. The van der Waals surface area contributed by atoms with Gasteiger partial charge >= 0.3 is 0 Å². The van der Waals surface area contributed by atoms with Crippen LogP contribution in [0.1, 0.15) is 11.1 Å². The second kappa shape index (κ2) is 7.59. The summed E-state index contributed by atoms with van der Waals surface area (Å²) in [4.78, 5) is 8.96. The van der Waals surface area contributed by atoms with Gasteiger partial charge in [0.2, 0.25) is 5.89 Å². The second-order valence-electron chi connectivity index (χ2n) is 6.24. The number of phenolic OH excluding ortho intramolecular Hbond substituents is 1. The molecule has 0 spiro atoms. The summed E-state index contributed by atoms with van der Waals surface area (Å²) >= 11 is 15.7. The Morgan fingerprint density at radius 2 is 1.93 bits per heavy atom. The van der Waals surface area contributed by atoms with Crippen molar-refractivity contribution >= 4 is 62.1 Å². The van der Waals surface area contributed by atoms with E-state index >= 15 is 0 Å². The van der Waals surface area contributed by atoms with Crippen molar-refractivity contribution in [1.29, 1.82) is 0 Å². The van der Waals surface area contributed by atoms with Crippen LogP contribution in [-0.4, -0.2) is 16.3 Å². The van der Waals surface area contributed by atoms with Gasteiger partial charge < -0.3 is 9.52 Å². The van der Waals surface area contributed by atoms with Gasteiger partial charge in [-0.15, -0.1) is 0 Å². The summed E-state index contributed by atoms with van der Waals surface area (Å²) in [5.41, 5.74) is 4.33. The molecule has 4 rings (SSSR count). The van der Waals surface area contributed by atoms with Gasteiger partial charge in [-0.3, -0.25) is 4.99 Å². The largest absolute Gasteiger partial charge is 0.506 e. The third kappa shape index (κ3) is 3.78. The fourth-order valence-corrected chi connectivity index (χ4v) is 3.77. The Morgan fingerprint density at radius 3 is 2.75 bits per heavy atom. The first-order valence-corrected chi connectivity index (χ1v) is 9.85. The molecule has 0 aliphatic carbocycles. The van der Waals surface area contributed by atoms with Crippen molar-refractivity contribution in [2.75, 3.05) is 0 Å². The number of nitrogens with zero attached hydrogens (tertiary/aromatic N) is 2. The van der Waals surface area contributed by atoms with Crippen LogP contribution in [0.25, 0.3) is 22.6 Å². The molecule has 1 aromatic heterocycles. The number of fused-ring (bicyclic) bond motifs is 1. The number of aliphatic imine (C=N–C) groups is 1. The molecule has 0 unspecified atom stereocenters. The Morgan fingerprint density at radius 1 is 1.11 bits per heavy atom. The Labute approximate surface area is 179 Å². The maximum absolute atomic E-state index is 10.1. The number of aromatic hydroxyl groups is 1. The van der Waals surface area contributed by atoms with Gasteiger partial charge in [0.15, 0.2) is 5.58 Å². The van der Waals surface area contributed by atoms with Crippen molar-refractivity contribution in [1.82, 2.24) is 4.98 Å². The summed E-state index contributed by atoms with van der Waals surface area (Å²) in [6.07, 6.45) is 1.54. The molecule has 7 heteroatoms. The molecule has 0 amide bonds. The predicted molar refractivity (Wildman–Crippen MR) is 117 cm³/mol. The van der Waals surface area contributed by atoms with Gasteiger partial charge in [-0.1, -0.05) is 29.3 Å². The lowest BCUT2D eigenvalue weighted by Crippen LogP contribution is -1.85. The average molecular weight is 476 g/mol. The van der Waals surface area contributed by atoms with E-state index in [4.69, 9.17) is 27.6 Å². The van der Waals surface area contributed by atoms with Crippen molar-refractivity contribution in [3.05, 3.63) is 74.2 Å². The minimum atomic E-state index is 0.0663. The number of oxazole rings is 1. The molecule has 1 N–H and O–H groups in total. The molecule has 0 aliphatic heterocycles. The van der Waals surface area contributed by atoms with Crippen LogP contribution in [0.15, 0.2) is 62.4 Å². The first kappa shape index (κ1) is 19.0. The van der Waals surface area contributed by atoms with Crippen molar-refractivity contribution < 1.29 is 9.52 Å². The van der Waals surface area contributed by atoms with E-state index in [0.717, 1.165) is 11.1 Å². The fourth-order valence-electron chi connectivity index (χ4n) is 2.74. The van der Waals surface area contributed by atoms with Gasteiger partial charge in [0.1, 0.15) is 11.3 Å². The second-order valence-corrected chi connectivity index (χ2v) is 7.94. The first-order chi connectivity index (χ1) is 13.4. The van der Waals surface area contributed by atoms with E-state index < -0.39 is 0 Å². The number of phenols is 1. The Balaban J connectivity index is 1.73. The van der Waals surface area contributed by atoms with Gasteiger partial charge in [0.25, 0.3) is 0 Å². The molecule has 0 radical (unpaired) electrons. The summed E-state index contributed by atoms with van der Waals surface area (Å²) in [7, 11) is 0. The number of hydrogen-bond donors (Lipinski definition) is 1. The van der Waals surface area contributed by atoms with E-state index in [9.17, 15) is 5.11 Å². The number of halogens is 3. The van der Waals surface area contributed by atoms with Crippen molar-refractivity contribution in [3.63, 3.8) is 0 Å². The van der Waals surface area contributed by atoms with E-state index in [-0.39, 0.29) is 5.75 Å². The highest BCUT2D eigenvalue weighted by molar-refractivity contribution is 9.10. The zero-order valence-electron chi connectivity index (χ0n) is 14.6. The zero-order chi connectivity index (χ0) is 19.8. The molecule has 0 aliphatic rings. The van der Waals surface area contributed by atoms with Crippen molar-refractivity contribution in [3.8, 4) is 17.2 Å². The molecule has 4 nitrogen and oxygen atoms in total. The van der Waals surface area contributed by atoms with Crippen molar-refractivity contribution in [2.24, 2.45) is 4.99 Å². The van der Waals surface area contributed by atoms with Crippen LogP contribution in [0.3, 0.4) is 0 Å². The molecule has 0 saturated heterocycles. The molecule has 0 fully saturated rings. The smallest absolute Gasteiger partial charge is 0.228 e. The number of rotatable bonds is 3. The Hall–Kier alpha value is -2.34. The van der Waals surface area contributed by atoms with E-state index in [1.807, 2.05) is 25.1 Å². The molecule has 0 saturated carbocycles. The van der Waals surface area contributed by atoms with E-state index in [0.29, 0.717) is 42.8 Å². The number of aryl methyl sites for hydroxylation is 1. The van der Waals surface area contributed by atoms with E-state index in [1.165, 1.54) is 6.21 Å². The highest BCUT2D eigenvalue weighted by Crippen LogP contribution is 2.34. The van der Waals surface area contributed by atoms with Gasteiger partial charge in [-0.05, 0) is 70.9 Å². The van der Waals surface area contributed by atoms with Crippen LogP contribution in [-0.2, 0) is 0 Å². The van der Waals surface area contributed by atoms with Crippen LogP contribution < -0.4 is 0 Å². The molecular weight excluding hydrogens is 463 g/mol. The van der Waals surface area contributed by atoms with Gasteiger partial charge in [-0.25, -0.2) is 4.98 Å². The van der Waals surface area contributed by atoms with Crippen molar-refractivity contribution in [2.45, 2.75) is 6.92 Å². The quantitative estimate of drug-likeness (QED) is 0.315. The summed E-state index contributed by atoms with van der Waals surface area (Å²) in [5, 5.41) is 11.1. The van der Waals surface area contributed by atoms with Crippen LogP contribution in [0, 0.1) is 6.92 Å². The maximum Gasteiger partial charge on any atom is 0.228 e. The van der Waals surface area contributed by atoms with E-state index in [2.05, 4.69) is 25.9 Å². The first-order valence-electron chi connectivity index (χ1n) is 8.30. The predicted octanol–water partition coefficient (Wildman–Crippen LogP) is 7.33. The molecule has 0 atom stereocenters. The number of aromatic nitrogens is 1. The molecular formula is C21H13BrCl2N2O2. The Bertz CT molecular complexity index is 1230. The zero-order valence-corrected chi connectivity index (χ0v) is 17.7. The average Bonchev–Trinajstić information content (AvgIpc) is 3.07. The minimum Gasteiger partial charge on any atom is -0.506 e. The monoisotopic (exact) mass is 474 g/mol. The van der Waals surface area contributed by atoms with Crippen LogP contribution in [0.5, 0.6) is 5.75 Å². The normalized spacial score (nSPS) is 11.6. The molecule has 1 heterocycles. The number of hydrogen-bond acceptors (Lipinski definition) is 4. The standard InChI is InChI=1S/C21H13BrCl2N2O2/c1-11-2-5-19-18(6-11)26-21(28-19)15-9-14(3-4-17(15)24)25-10-12-7-13(23)8-16(22)20(12)27/h2-10,27H,1H3. The summed E-state index contributed by atoms with van der Waals surface area (Å²) in [6.45, 7) is 2.00. The molecule has 4 aromatic rings. The van der Waals surface area contributed by atoms with Crippen LogP contribution in [0.2, 0.25) is 10.0 Å². The summed E-state index contributed by atoms with van der Waals surface area (Å²) < 4.78 is 6.35. The minimum absolute atomic E-state index is 0.0663. The van der Waals surface area contributed by atoms with Gasteiger partial charge in [0.05, 0.1) is 20.7 Å². The van der Waals surface area contributed by atoms with Gasteiger partial charge in [0, 0.05) is 16.8 Å². The highest BCUT2D eigenvalue weighted by atomic mass is 79.9. The van der Waals surface area contributed by atoms with E-state index in [1.54, 1.807) is 30.3 Å². The van der Waals surface area contributed by atoms with Gasteiger partial charge in [-0.2, -0.15) is 0 Å². The SMILES string of the molecule is Cc1ccc2oc(-c3cc(N=Cc4cc(Cl)cc(Br)c4O)ccc3Cl)nc2c1. The fraction of sp³-hybridized carbons (Fsp3) is 0.0476. The molecule has 140 valence electrons. The van der Waals surface area contributed by atoms with Crippen LogP contribution >= 0.6 is 39.1 Å². The summed E-state index contributed by atoms with van der Waals surface area (Å²) in [6, 6.07) is 14.3. The third-order valence-electron chi connectivity index (χ3n) is 4.13. The Kier molecular flexibility index (Phi) is 5.15. The topological polar surface area (TPSA) is 58.6 Å². The molecule has 28 heavy (non-hydrogen) atoms. The van der Waals surface area contributed by atoms with Crippen LogP contribution in [0.4, 0.5) is 5.69 Å². The molecule has 0 bridgehead atoms. The lowest BCUT2D eigenvalue weighted by molar-refractivity contribution is 0.471. The maximum atomic E-state index is 10.1. The molecule has 3 aromatic carbocycles. The number of benzene rings is 3. The highest BCUT2D eigenvalue weighted by Gasteiger charge is 2.13.